The fourth-order valence-electron chi connectivity index (χ4n) is 9.35. The number of nitrogens with one attached hydrogen (secondary N) is 1. The number of ether oxygens (including phenoxy) is 2. The first-order valence-electron chi connectivity index (χ1n) is 18.8. The summed E-state index contributed by atoms with van der Waals surface area (Å²) >= 11 is 0. The molecule has 1 aromatic heterocycles. The van der Waals surface area contributed by atoms with Gasteiger partial charge in [-0.2, -0.15) is 0 Å². The molecule has 0 unspecified atom stereocenters. The van der Waals surface area contributed by atoms with Crippen molar-refractivity contribution < 1.29 is 14.3 Å². The van der Waals surface area contributed by atoms with Crippen molar-refractivity contribution in [2.45, 2.75) is 90.5 Å². The van der Waals surface area contributed by atoms with Gasteiger partial charge in [-0.15, -0.1) is 0 Å². The van der Waals surface area contributed by atoms with Crippen molar-refractivity contribution in [2.75, 3.05) is 20.8 Å². The summed E-state index contributed by atoms with van der Waals surface area (Å²) < 4.78 is 14.6. The van der Waals surface area contributed by atoms with E-state index in [2.05, 4.69) is 110 Å². The van der Waals surface area contributed by atoms with E-state index < -0.39 is 0 Å². The zero-order valence-electron chi connectivity index (χ0n) is 31.2. The lowest BCUT2D eigenvalue weighted by Gasteiger charge is -2.56. The molecule has 4 aromatic carbocycles. The van der Waals surface area contributed by atoms with Crippen molar-refractivity contribution >= 4 is 16.9 Å². The van der Waals surface area contributed by atoms with Crippen molar-refractivity contribution in [1.82, 2.24) is 14.9 Å². The summed E-state index contributed by atoms with van der Waals surface area (Å²) in [6.45, 7) is 11.0. The molecule has 5 aromatic rings. The second-order valence-electron chi connectivity index (χ2n) is 15.7. The molecule has 6 nitrogen and oxygen atoms in total. The lowest BCUT2D eigenvalue weighted by molar-refractivity contribution is -0.120. The first-order valence-corrected chi connectivity index (χ1v) is 18.8. The van der Waals surface area contributed by atoms with Crippen molar-refractivity contribution in [2.24, 2.45) is 11.3 Å². The minimum absolute atomic E-state index is 0.0190. The predicted molar refractivity (Wildman–Crippen MR) is 208 cm³/mol. The van der Waals surface area contributed by atoms with Crippen molar-refractivity contribution in [3.8, 4) is 34.0 Å². The molecule has 2 aliphatic carbocycles. The zero-order valence-corrected chi connectivity index (χ0v) is 31.2. The Balaban J connectivity index is 1.28. The highest BCUT2D eigenvalue weighted by Crippen LogP contribution is 2.58. The van der Waals surface area contributed by atoms with E-state index >= 15 is 0 Å². The lowest BCUT2D eigenvalue weighted by Crippen LogP contribution is -2.50. The Hall–Kier alpha value is -4.58. The standard InChI is InChI=1S/C45H53N3O3/c1-30(2)32-15-20-37-34(26-32)17-22-41-44(3,23-11-24-45(37,41)4)29-48-39-21-16-33(31-12-8-7-9-13-31)27-38(39)47-43(48)36-19-18-35(28-40(36)50-6)51-25-10-14-42(49)46-5/h7-9,12-13,15-16,18-21,26-28,30,41H,10-11,14,17,22-25,29H2,1-6H3,(H,46,49)/t41-,44+,45+/m0/s1. The van der Waals surface area contributed by atoms with E-state index in [0.29, 0.717) is 31.3 Å². The second-order valence-corrected chi connectivity index (χ2v) is 15.7. The Morgan fingerprint density at radius 1 is 0.980 bits per heavy atom. The zero-order chi connectivity index (χ0) is 35.8. The van der Waals surface area contributed by atoms with Gasteiger partial charge < -0.3 is 19.4 Å². The largest absolute Gasteiger partial charge is 0.496 e. The number of rotatable bonds is 11. The van der Waals surface area contributed by atoms with E-state index in [4.69, 9.17) is 14.5 Å². The number of hydrogen-bond donors (Lipinski definition) is 1. The number of carbonyl (C=O) groups excluding carboxylic acids is 1. The van der Waals surface area contributed by atoms with Gasteiger partial charge in [0, 0.05) is 26.1 Å². The van der Waals surface area contributed by atoms with Crippen LogP contribution in [-0.4, -0.2) is 36.2 Å². The van der Waals surface area contributed by atoms with Crippen molar-refractivity contribution in [1.29, 1.82) is 0 Å². The van der Waals surface area contributed by atoms with Gasteiger partial charge in [0.1, 0.15) is 17.3 Å². The van der Waals surface area contributed by atoms with Gasteiger partial charge in [0.05, 0.1) is 30.3 Å². The van der Waals surface area contributed by atoms with Crippen molar-refractivity contribution in [3.05, 3.63) is 102 Å². The summed E-state index contributed by atoms with van der Waals surface area (Å²) in [5.41, 5.74) is 10.2. The van der Waals surface area contributed by atoms with E-state index in [1.807, 2.05) is 12.1 Å². The van der Waals surface area contributed by atoms with Gasteiger partial charge in [-0.3, -0.25) is 4.79 Å². The number of benzene rings is 4. The fraction of sp³-hybridized carbons (Fsp3) is 0.422. The molecule has 1 saturated carbocycles. The molecule has 1 fully saturated rings. The van der Waals surface area contributed by atoms with Crippen LogP contribution in [-0.2, 0) is 23.2 Å². The molecule has 2 aliphatic rings. The van der Waals surface area contributed by atoms with Crippen LogP contribution in [0.15, 0.2) is 84.9 Å². The summed E-state index contributed by atoms with van der Waals surface area (Å²) in [5, 5.41) is 2.67. The SMILES string of the molecule is CNC(=O)CCCOc1ccc(-c2nc3cc(-c4ccccc4)ccc3n2C[C@@]2(C)CCC[C@]3(C)c4ccc(C(C)C)cc4CC[C@@H]23)c(OC)c1. The summed E-state index contributed by atoms with van der Waals surface area (Å²) in [4.78, 5) is 17.1. The Morgan fingerprint density at radius 3 is 2.57 bits per heavy atom. The number of carbonyl (C=O) groups is 1. The Kier molecular flexibility index (Phi) is 9.71. The average molecular weight is 684 g/mol. The fourth-order valence-corrected chi connectivity index (χ4v) is 9.35. The quantitative estimate of drug-likeness (QED) is 0.141. The predicted octanol–water partition coefficient (Wildman–Crippen LogP) is 10.1. The number of methoxy groups -OCH3 is 1. The van der Waals surface area contributed by atoms with E-state index in [1.165, 1.54) is 36.8 Å². The monoisotopic (exact) mass is 683 g/mol. The second kappa shape index (κ2) is 14.2. The van der Waals surface area contributed by atoms with Gasteiger partial charge >= 0.3 is 0 Å². The summed E-state index contributed by atoms with van der Waals surface area (Å²) in [7, 11) is 3.37. The van der Waals surface area contributed by atoms with Crippen LogP contribution in [0, 0.1) is 11.3 Å². The van der Waals surface area contributed by atoms with Gasteiger partial charge in [0.2, 0.25) is 5.91 Å². The van der Waals surface area contributed by atoms with Crippen LogP contribution in [0.5, 0.6) is 11.5 Å². The summed E-state index contributed by atoms with van der Waals surface area (Å²) in [6.07, 6.45) is 7.06. The molecular weight excluding hydrogens is 631 g/mol. The average Bonchev–Trinajstić information content (AvgIpc) is 3.49. The van der Waals surface area contributed by atoms with E-state index in [1.54, 1.807) is 25.3 Å². The third-order valence-corrected chi connectivity index (χ3v) is 12.1. The number of fused-ring (bicyclic) bond motifs is 4. The number of amides is 1. The molecule has 7 rings (SSSR count). The minimum atomic E-state index is 0.0190. The van der Waals surface area contributed by atoms with Crippen molar-refractivity contribution in [3.63, 3.8) is 0 Å². The topological polar surface area (TPSA) is 65.4 Å². The highest BCUT2D eigenvalue weighted by Gasteiger charge is 2.52. The third-order valence-electron chi connectivity index (χ3n) is 12.1. The van der Waals surface area contributed by atoms with Gasteiger partial charge in [-0.25, -0.2) is 4.98 Å². The number of aryl methyl sites for hydroxylation is 1. The van der Waals surface area contributed by atoms with Crippen LogP contribution in [0.25, 0.3) is 33.5 Å². The maximum Gasteiger partial charge on any atom is 0.219 e. The molecule has 266 valence electrons. The molecular formula is C45H53N3O3. The molecule has 1 heterocycles. The summed E-state index contributed by atoms with van der Waals surface area (Å²) in [5.74, 6) is 3.48. The molecule has 3 atom stereocenters. The lowest BCUT2D eigenvalue weighted by atomic mass is 9.49. The highest BCUT2D eigenvalue weighted by atomic mass is 16.5. The molecule has 1 N–H and O–H groups in total. The van der Waals surface area contributed by atoms with E-state index in [-0.39, 0.29) is 16.7 Å². The molecule has 0 bridgehead atoms. The van der Waals surface area contributed by atoms with Crippen LogP contribution < -0.4 is 14.8 Å². The summed E-state index contributed by atoms with van der Waals surface area (Å²) in [6, 6.07) is 30.7. The van der Waals surface area contributed by atoms with Crippen LogP contribution in [0.2, 0.25) is 0 Å². The normalized spacial score (nSPS) is 21.3. The smallest absolute Gasteiger partial charge is 0.219 e. The number of hydrogen-bond acceptors (Lipinski definition) is 4. The molecule has 0 aliphatic heterocycles. The highest BCUT2D eigenvalue weighted by molar-refractivity contribution is 5.86. The molecule has 51 heavy (non-hydrogen) atoms. The first-order chi connectivity index (χ1) is 24.6. The maximum atomic E-state index is 11.7. The van der Waals surface area contributed by atoms with Crippen LogP contribution in [0.3, 0.4) is 0 Å². The van der Waals surface area contributed by atoms with E-state index in [9.17, 15) is 4.79 Å². The molecule has 6 heteroatoms. The first kappa shape index (κ1) is 34.9. The van der Waals surface area contributed by atoms with Crippen LogP contribution in [0.4, 0.5) is 0 Å². The maximum absolute atomic E-state index is 11.7. The molecule has 0 spiro atoms. The number of nitrogens with zero attached hydrogens (tertiary/aromatic N) is 2. The van der Waals surface area contributed by atoms with Gasteiger partial charge in [0.25, 0.3) is 0 Å². The number of imidazole rings is 1. The van der Waals surface area contributed by atoms with Gasteiger partial charge in [-0.1, -0.05) is 88.7 Å². The number of aromatic nitrogens is 2. The Morgan fingerprint density at radius 2 is 1.80 bits per heavy atom. The van der Waals surface area contributed by atoms with Gasteiger partial charge in [0.15, 0.2) is 0 Å². The Labute approximate surface area is 303 Å². The van der Waals surface area contributed by atoms with Crippen LogP contribution >= 0.6 is 0 Å². The van der Waals surface area contributed by atoms with Gasteiger partial charge in [-0.05, 0) is 107 Å². The molecule has 0 radical (unpaired) electrons. The molecule has 1 amide bonds. The third kappa shape index (κ3) is 6.66. The minimum Gasteiger partial charge on any atom is -0.496 e. The Bertz CT molecular complexity index is 2030. The van der Waals surface area contributed by atoms with Crippen LogP contribution in [0.1, 0.15) is 88.8 Å². The van der Waals surface area contributed by atoms with E-state index in [0.717, 1.165) is 52.4 Å². The molecule has 0 saturated heterocycles.